The largest absolute Gasteiger partial charge is 0.457 e. The van der Waals surface area contributed by atoms with Crippen LogP contribution in [0.5, 0.6) is 0 Å². The number of hydrogen-bond acceptors (Lipinski definition) is 8. The Bertz CT molecular complexity index is 490. The van der Waals surface area contributed by atoms with Crippen molar-refractivity contribution in [3.8, 4) is 0 Å². The monoisotopic (exact) mass is 317 g/mol. The molecule has 0 aliphatic carbocycles. The first-order chi connectivity index (χ1) is 10.1. The van der Waals surface area contributed by atoms with Crippen molar-refractivity contribution in [2.75, 3.05) is 0 Å². The summed E-state index contributed by atoms with van der Waals surface area (Å²) >= 11 is 0. The van der Waals surface area contributed by atoms with Crippen molar-refractivity contribution in [1.82, 2.24) is 0 Å². The molecule has 0 radical (unpaired) electrons. The van der Waals surface area contributed by atoms with Gasteiger partial charge in [0.1, 0.15) is 6.10 Å². The first-order valence-corrected chi connectivity index (χ1v) is 6.75. The van der Waals surface area contributed by atoms with Crippen LogP contribution < -0.4 is 5.73 Å². The Morgan fingerprint density at radius 3 is 2.27 bits per heavy atom. The fraction of sp³-hybridized carbons (Fsp3) is 0.769. The van der Waals surface area contributed by atoms with Crippen molar-refractivity contribution >= 4 is 17.8 Å². The van der Waals surface area contributed by atoms with Crippen LogP contribution in [0.25, 0.3) is 0 Å². The fourth-order valence-electron chi connectivity index (χ4n) is 2.54. The van der Waals surface area contributed by atoms with Crippen molar-refractivity contribution in [3.63, 3.8) is 0 Å². The molecule has 5 unspecified atom stereocenters. The molecule has 124 valence electrons. The van der Waals surface area contributed by atoms with Gasteiger partial charge < -0.3 is 29.4 Å². The van der Waals surface area contributed by atoms with Gasteiger partial charge in [-0.15, -0.1) is 0 Å². The third-order valence-electron chi connectivity index (χ3n) is 3.20. The molecule has 0 saturated carbocycles. The predicted molar refractivity (Wildman–Crippen MR) is 69.0 cm³/mol. The van der Waals surface area contributed by atoms with E-state index in [4.69, 9.17) is 29.4 Å². The van der Waals surface area contributed by atoms with Gasteiger partial charge in [-0.2, -0.15) is 0 Å². The number of carbonyl (C=O) groups is 3. The van der Waals surface area contributed by atoms with E-state index in [1.54, 1.807) is 13.8 Å². The van der Waals surface area contributed by atoms with Crippen molar-refractivity contribution in [3.05, 3.63) is 0 Å². The topological polar surface area (TPSA) is 123 Å². The summed E-state index contributed by atoms with van der Waals surface area (Å²) in [6.07, 6.45) is -5.11. The molecule has 0 bridgehead atoms. The molecule has 0 spiro atoms. The standard InChI is InChI=1S/C13H19NO8/c1-5(15)18-8-7(9(11(14)17)19-6(2)16)20-12-10(8)21-13(3,4)22-12/h7-10,12H,1-4H3,(H2,14,17). The highest BCUT2D eigenvalue weighted by molar-refractivity contribution is 5.82. The second-order valence-electron chi connectivity index (χ2n) is 5.58. The number of fused-ring (bicyclic) bond motifs is 1. The minimum atomic E-state index is -1.41. The zero-order valence-corrected chi connectivity index (χ0v) is 12.7. The van der Waals surface area contributed by atoms with Gasteiger partial charge in [-0.05, 0) is 13.8 Å². The molecule has 0 aromatic heterocycles. The minimum Gasteiger partial charge on any atom is -0.457 e. The SMILES string of the molecule is CC(=O)OC(C(N)=O)C1OC2OC(C)(C)OC2C1OC(C)=O. The van der Waals surface area contributed by atoms with Crippen LogP contribution in [0.15, 0.2) is 0 Å². The molecular weight excluding hydrogens is 298 g/mol. The number of hydrogen-bond donors (Lipinski definition) is 1. The molecule has 1 amide bonds. The molecule has 2 N–H and O–H groups in total. The van der Waals surface area contributed by atoms with Gasteiger partial charge in [0.25, 0.3) is 5.91 Å². The zero-order chi connectivity index (χ0) is 16.7. The van der Waals surface area contributed by atoms with E-state index in [9.17, 15) is 14.4 Å². The van der Waals surface area contributed by atoms with Gasteiger partial charge in [0.05, 0.1) is 0 Å². The van der Waals surface area contributed by atoms with Gasteiger partial charge >= 0.3 is 11.9 Å². The number of rotatable bonds is 4. The number of ether oxygens (including phenoxy) is 5. The van der Waals surface area contributed by atoms with Crippen molar-refractivity contribution in [2.24, 2.45) is 5.73 Å². The Morgan fingerprint density at radius 1 is 1.14 bits per heavy atom. The average molecular weight is 317 g/mol. The third-order valence-corrected chi connectivity index (χ3v) is 3.20. The molecule has 2 fully saturated rings. The molecule has 22 heavy (non-hydrogen) atoms. The van der Waals surface area contributed by atoms with E-state index in [0.717, 1.165) is 6.92 Å². The van der Waals surface area contributed by atoms with Crippen LogP contribution in [-0.4, -0.2) is 54.3 Å². The normalized spacial score (nSPS) is 33.8. The summed E-state index contributed by atoms with van der Waals surface area (Å²) in [5.74, 6) is -3.16. The highest BCUT2D eigenvalue weighted by Crippen LogP contribution is 2.40. The molecule has 9 nitrogen and oxygen atoms in total. The van der Waals surface area contributed by atoms with Crippen LogP contribution >= 0.6 is 0 Å². The third kappa shape index (κ3) is 3.37. The second-order valence-corrected chi connectivity index (χ2v) is 5.58. The summed E-state index contributed by atoms with van der Waals surface area (Å²) in [5, 5.41) is 0. The predicted octanol–water partition coefficient (Wildman–Crippen LogP) is -0.788. The van der Waals surface area contributed by atoms with Crippen LogP contribution in [0, 0.1) is 0 Å². The quantitative estimate of drug-likeness (QED) is 0.669. The van der Waals surface area contributed by atoms with E-state index < -0.39 is 54.3 Å². The summed E-state index contributed by atoms with van der Waals surface area (Å²) in [5.41, 5.74) is 5.24. The summed E-state index contributed by atoms with van der Waals surface area (Å²) in [6, 6.07) is 0. The number of nitrogens with two attached hydrogens (primary N) is 1. The van der Waals surface area contributed by atoms with Crippen molar-refractivity contribution in [2.45, 2.75) is 64.2 Å². The molecule has 0 aromatic rings. The molecular formula is C13H19NO8. The maximum absolute atomic E-state index is 11.5. The summed E-state index contributed by atoms with van der Waals surface area (Å²) < 4.78 is 26.8. The summed E-state index contributed by atoms with van der Waals surface area (Å²) in [4.78, 5) is 34.0. The first-order valence-electron chi connectivity index (χ1n) is 6.75. The lowest BCUT2D eigenvalue weighted by molar-refractivity contribution is -0.230. The van der Waals surface area contributed by atoms with Gasteiger partial charge in [-0.1, -0.05) is 0 Å². The molecule has 9 heteroatoms. The maximum Gasteiger partial charge on any atom is 0.303 e. The van der Waals surface area contributed by atoms with E-state index in [1.165, 1.54) is 6.92 Å². The lowest BCUT2D eigenvalue weighted by atomic mass is 10.0. The molecule has 2 rings (SSSR count). The Balaban J connectivity index is 2.24. The zero-order valence-electron chi connectivity index (χ0n) is 12.7. The van der Waals surface area contributed by atoms with E-state index in [2.05, 4.69) is 0 Å². The van der Waals surface area contributed by atoms with Gasteiger partial charge in [0.15, 0.2) is 24.3 Å². The lowest BCUT2D eigenvalue weighted by Gasteiger charge is -2.28. The molecule has 2 aliphatic heterocycles. The van der Waals surface area contributed by atoms with Gasteiger partial charge in [-0.25, -0.2) is 0 Å². The molecule has 2 heterocycles. The molecule has 2 aliphatic rings. The number of primary amides is 1. The Hall–Kier alpha value is -1.71. The number of carbonyl (C=O) groups excluding carboxylic acids is 3. The highest BCUT2D eigenvalue weighted by Gasteiger charge is 2.59. The first kappa shape index (κ1) is 16.7. The molecule has 5 atom stereocenters. The lowest BCUT2D eigenvalue weighted by Crippen LogP contribution is -2.50. The average Bonchev–Trinajstić information content (AvgIpc) is 2.79. The number of esters is 2. The minimum absolute atomic E-state index is 0.599. The van der Waals surface area contributed by atoms with Gasteiger partial charge in [0.2, 0.25) is 6.10 Å². The molecule has 0 aromatic carbocycles. The van der Waals surface area contributed by atoms with Crippen LogP contribution in [0.3, 0.4) is 0 Å². The van der Waals surface area contributed by atoms with Crippen molar-refractivity contribution in [1.29, 1.82) is 0 Å². The Labute approximate surface area is 126 Å². The Morgan fingerprint density at radius 2 is 1.77 bits per heavy atom. The van der Waals surface area contributed by atoms with Gasteiger partial charge in [-0.3, -0.25) is 14.4 Å². The van der Waals surface area contributed by atoms with Crippen LogP contribution in [-0.2, 0) is 38.1 Å². The van der Waals surface area contributed by atoms with E-state index >= 15 is 0 Å². The second kappa shape index (κ2) is 5.82. The van der Waals surface area contributed by atoms with E-state index in [1.807, 2.05) is 0 Å². The summed E-state index contributed by atoms with van der Waals surface area (Å²) in [7, 11) is 0. The smallest absolute Gasteiger partial charge is 0.303 e. The van der Waals surface area contributed by atoms with E-state index in [-0.39, 0.29) is 0 Å². The fourth-order valence-corrected chi connectivity index (χ4v) is 2.54. The van der Waals surface area contributed by atoms with Crippen LogP contribution in [0.1, 0.15) is 27.7 Å². The maximum atomic E-state index is 11.5. The summed E-state index contributed by atoms with van der Waals surface area (Å²) in [6.45, 7) is 5.68. The number of amides is 1. The van der Waals surface area contributed by atoms with Crippen LogP contribution in [0.4, 0.5) is 0 Å². The Kier molecular flexibility index (Phi) is 4.41. The van der Waals surface area contributed by atoms with Crippen LogP contribution in [0.2, 0.25) is 0 Å². The molecule has 2 saturated heterocycles. The van der Waals surface area contributed by atoms with Gasteiger partial charge in [0, 0.05) is 13.8 Å². The van der Waals surface area contributed by atoms with E-state index in [0.29, 0.717) is 0 Å². The van der Waals surface area contributed by atoms with Crippen molar-refractivity contribution < 1.29 is 38.1 Å². The highest BCUT2D eigenvalue weighted by atomic mass is 16.8.